The summed E-state index contributed by atoms with van der Waals surface area (Å²) in [4.78, 5) is 32.3. The molecule has 0 bridgehead atoms. The molecule has 3 aromatic carbocycles. The lowest BCUT2D eigenvalue weighted by molar-refractivity contribution is 0.0669. The van der Waals surface area contributed by atoms with E-state index in [-0.39, 0.29) is 49.3 Å². The Morgan fingerprint density at radius 2 is 1.88 bits per heavy atom. The summed E-state index contributed by atoms with van der Waals surface area (Å²) in [7, 11) is 2.06. The number of hydrogen-bond acceptors (Lipinski definition) is 8. The number of ether oxygens (including phenoxy) is 1. The average molecular weight is 660 g/mol. The van der Waals surface area contributed by atoms with Crippen molar-refractivity contribution in [3.8, 4) is 23.3 Å². The van der Waals surface area contributed by atoms with Gasteiger partial charge in [0.1, 0.15) is 23.6 Å². The number of pyridine rings is 1. The largest absolute Gasteiger partial charge is 0.465 e. The van der Waals surface area contributed by atoms with Gasteiger partial charge in [-0.05, 0) is 61.7 Å². The van der Waals surface area contributed by atoms with Gasteiger partial charge in [-0.25, -0.2) is 9.18 Å². The van der Waals surface area contributed by atoms with E-state index in [1.807, 2.05) is 78.6 Å². The van der Waals surface area contributed by atoms with Crippen LogP contribution in [0.5, 0.6) is 6.01 Å². The summed E-state index contributed by atoms with van der Waals surface area (Å²) >= 11 is 0. The maximum absolute atomic E-state index is 16.9. The minimum atomic E-state index is -1.09. The van der Waals surface area contributed by atoms with Gasteiger partial charge in [-0.15, -0.1) is 0 Å². The van der Waals surface area contributed by atoms with Crippen molar-refractivity contribution in [1.29, 1.82) is 5.26 Å². The molecule has 49 heavy (non-hydrogen) atoms. The number of halogens is 1. The first-order valence-corrected chi connectivity index (χ1v) is 16.6. The normalized spacial score (nSPS) is 19.8. The predicted octanol–water partition coefficient (Wildman–Crippen LogP) is 6.46. The molecule has 2 saturated heterocycles. The molecule has 1 amide bonds. The number of aromatic nitrogens is 3. The Hall–Kier alpha value is -5.34. The fraction of sp³-hybridized carbons (Fsp3) is 0.342. The molecule has 10 nitrogen and oxygen atoms in total. The lowest BCUT2D eigenvalue weighted by Crippen LogP contribution is -2.65. The van der Waals surface area contributed by atoms with Crippen LogP contribution in [0.15, 0.2) is 72.9 Å². The Labute approximate surface area is 284 Å². The van der Waals surface area contributed by atoms with E-state index in [1.54, 1.807) is 6.20 Å². The lowest BCUT2D eigenvalue weighted by Gasteiger charge is -2.49. The van der Waals surface area contributed by atoms with E-state index in [4.69, 9.17) is 9.72 Å². The number of hydrogen-bond donors (Lipinski definition) is 1. The highest BCUT2D eigenvalue weighted by molar-refractivity contribution is 6.00. The quantitative estimate of drug-likeness (QED) is 0.200. The Morgan fingerprint density at radius 1 is 1.08 bits per heavy atom. The van der Waals surface area contributed by atoms with Gasteiger partial charge in [-0.3, -0.25) is 9.88 Å². The van der Waals surface area contributed by atoms with E-state index >= 15 is 4.39 Å². The van der Waals surface area contributed by atoms with E-state index in [1.165, 1.54) is 4.90 Å². The molecule has 4 heterocycles. The van der Waals surface area contributed by atoms with Crippen LogP contribution in [0.25, 0.3) is 32.9 Å². The molecular formula is C38H38FN7O3. The van der Waals surface area contributed by atoms with Crippen LogP contribution in [-0.2, 0) is 6.42 Å². The number of benzene rings is 3. The maximum atomic E-state index is 16.9. The minimum absolute atomic E-state index is 0.0394. The number of rotatable bonds is 8. The van der Waals surface area contributed by atoms with Crippen molar-refractivity contribution in [2.45, 2.75) is 44.2 Å². The molecule has 2 fully saturated rings. The Balaban J connectivity index is 1.36. The number of carboxylic acid groups (broad SMARTS) is 1. The topological polar surface area (TPSA) is 119 Å². The number of anilines is 1. The molecule has 250 valence electrons. The zero-order valence-electron chi connectivity index (χ0n) is 27.6. The second-order valence-electron chi connectivity index (χ2n) is 13.2. The highest BCUT2D eigenvalue weighted by Crippen LogP contribution is 2.38. The summed E-state index contributed by atoms with van der Waals surface area (Å²) < 4.78 is 23.1. The number of nitrogens with zero attached hydrogens (tertiary/aromatic N) is 7. The van der Waals surface area contributed by atoms with Gasteiger partial charge in [-0.1, -0.05) is 66.7 Å². The molecule has 0 spiro atoms. The second kappa shape index (κ2) is 13.3. The van der Waals surface area contributed by atoms with Crippen LogP contribution in [-0.4, -0.2) is 87.4 Å². The highest BCUT2D eigenvalue weighted by atomic mass is 19.1. The van der Waals surface area contributed by atoms with E-state index in [0.717, 1.165) is 41.3 Å². The van der Waals surface area contributed by atoms with Gasteiger partial charge in [0.2, 0.25) is 0 Å². The Morgan fingerprint density at radius 3 is 2.61 bits per heavy atom. The molecular weight excluding hydrogens is 621 g/mol. The van der Waals surface area contributed by atoms with Crippen LogP contribution >= 0.6 is 0 Å². The number of nitriles is 1. The third-order valence-corrected chi connectivity index (χ3v) is 10.1. The first kappa shape index (κ1) is 32.2. The number of aryl methyl sites for hydroxylation is 1. The van der Waals surface area contributed by atoms with Gasteiger partial charge in [0, 0.05) is 37.4 Å². The van der Waals surface area contributed by atoms with Gasteiger partial charge < -0.3 is 19.6 Å². The summed E-state index contributed by atoms with van der Waals surface area (Å²) in [6.45, 7) is 3.88. The van der Waals surface area contributed by atoms with Gasteiger partial charge >= 0.3 is 12.1 Å². The van der Waals surface area contributed by atoms with Crippen molar-refractivity contribution in [2.75, 3.05) is 44.7 Å². The van der Waals surface area contributed by atoms with Gasteiger partial charge in [0.25, 0.3) is 0 Å². The van der Waals surface area contributed by atoms with E-state index in [2.05, 4.69) is 28.0 Å². The lowest BCUT2D eigenvalue weighted by atomic mass is 9.84. The third kappa shape index (κ3) is 6.08. The number of piperazine rings is 1. The molecule has 1 N–H and O–H groups in total. The van der Waals surface area contributed by atoms with Crippen molar-refractivity contribution >= 4 is 33.6 Å². The third-order valence-electron chi connectivity index (χ3n) is 10.1. The van der Waals surface area contributed by atoms with Crippen LogP contribution in [0.1, 0.15) is 30.4 Å². The van der Waals surface area contributed by atoms with Crippen LogP contribution in [0, 0.1) is 24.1 Å². The number of fused-ring (bicyclic) bond motifs is 2. The second-order valence-corrected chi connectivity index (χ2v) is 13.2. The summed E-state index contributed by atoms with van der Waals surface area (Å²) in [5.74, 6) is -0.191. The monoisotopic (exact) mass is 659 g/mol. The molecule has 11 heteroatoms. The number of likely N-dealkylation sites (N-methyl/N-ethyl adjacent to an activating group) is 1. The maximum Gasteiger partial charge on any atom is 0.407 e. The standard InChI is InChI=1S/C38H38FN7O3/c1-25-9-6-12-27-13-7-15-29(31(25)27)33-32(39)34-30(22-41-33)35(43-36(42-34)49-23-28-14-8-18-44(28)2)45-19-20-46(37(47)48)38(24-45,16-17-40)21-26-10-4-3-5-11-26/h3-7,9-13,15,22,28H,8,14,16,18-21,23-24H2,1-2H3,(H,47,48)/t28-,38+/m0/s1. The van der Waals surface area contributed by atoms with E-state index < -0.39 is 17.4 Å². The van der Waals surface area contributed by atoms with Crippen LogP contribution < -0.4 is 9.64 Å². The summed E-state index contributed by atoms with van der Waals surface area (Å²) in [5.41, 5.74) is 1.74. The Bertz CT molecular complexity index is 2070. The highest BCUT2D eigenvalue weighted by Gasteiger charge is 2.45. The molecule has 2 aliphatic heterocycles. The molecule has 7 rings (SSSR count). The van der Waals surface area contributed by atoms with Crippen LogP contribution in [0.3, 0.4) is 0 Å². The molecule has 0 radical (unpaired) electrons. The average Bonchev–Trinajstić information content (AvgIpc) is 3.52. The zero-order valence-corrected chi connectivity index (χ0v) is 27.6. The van der Waals surface area contributed by atoms with Crippen molar-refractivity contribution in [3.63, 3.8) is 0 Å². The molecule has 5 aromatic rings. The Kier molecular flexibility index (Phi) is 8.73. The zero-order chi connectivity index (χ0) is 34.1. The summed E-state index contributed by atoms with van der Waals surface area (Å²) in [6.07, 6.45) is 2.84. The van der Waals surface area contributed by atoms with Crippen LogP contribution in [0.2, 0.25) is 0 Å². The molecule has 0 saturated carbocycles. The van der Waals surface area contributed by atoms with Gasteiger partial charge in [-0.2, -0.15) is 15.2 Å². The smallest absolute Gasteiger partial charge is 0.407 e. The number of likely N-dealkylation sites (tertiary alicyclic amines) is 1. The SMILES string of the molecule is Cc1cccc2cccc(-c3ncc4c(N5CCN(C(=O)O)[C@](CC#N)(Cc6ccccc6)C5)nc(OC[C@@H]5CCCN5C)nc4c3F)c12. The van der Waals surface area contributed by atoms with Crippen molar-refractivity contribution < 1.29 is 19.0 Å². The van der Waals surface area contributed by atoms with Gasteiger partial charge in [0.05, 0.1) is 23.4 Å². The number of carbonyl (C=O) groups is 1. The number of amides is 1. The molecule has 0 unspecified atom stereocenters. The van der Waals surface area contributed by atoms with E-state index in [9.17, 15) is 15.2 Å². The van der Waals surface area contributed by atoms with Crippen molar-refractivity contribution in [2.24, 2.45) is 0 Å². The minimum Gasteiger partial charge on any atom is -0.465 e. The summed E-state index contributed by atoms with van der Waals surface area (Å²) in [5, 5.41) is 22.6. The first-order valence-electron chi connectivity index (χ1n) is 16.6. The fourth-order valence-electron chi connectivity index (χ4n) is 7.55. The molecule has 2 aliphatic rings. The molecule has 2 aromatic heterocycles. The first-order chi connectivity index (χ1) is 23.8. The predicted molar refractivity (Wildman–Crippen MR) is 186 cm³/mol. The fourth-order valence-corrected chi connectivity index (χ4v) is 7.55. The van der Waals surface area contributed by atoms with Gasteiger partial charge in [0.15, 0.2) is 5.82 Å². The van der Waals surface area contributed by atoms with Crippen LogP contribution in [0.4, 0.5) is 15.0 Å². The van der Waals surface area contributed by atoms with E-state index in [0.29, 0.717) is 29.8 Å². The molecule has 2 atom stereocenters. The summed E-state index contributed by atoms with van der Waals surface area (Å²) in [6, 6.07) is 23.8. The van der Waals surface area contributed by atoms with Crippen molar-refractivity contribution in [1.82, 2.24) is 24.8 Å². The van der Waals surface area contributed by atoms with Crippen molar-refractivity contribution in [3.05, 3.63) is 89.9 Å². The molecule has 0 aliphatic carbocycles.